The summed E-state index contributed by atoms with van der Waals surface area (Å²) in [5.41, 5.74) is 3.41. The van der Waals surface area contributed by atoms with Gasteiger partial charge >= 0.3 is 0 Å². The van der Waals surface area contributed by atoms with Crippen LogP contribution in [-0.4, -0.2) is 5.91 Å². The minimum Gasteiger partial charge on any atom is -0.293 e. The Labute approximate surface area is 144 Å². The number of hydrogen-bond donors (Lipinski definition) is 2. The lowest BCUT2D eigenvalue weighted by Gasteiger charge is -2.11. The lowest BCUT2D eigenvalue weighted by atomic mass is 10.1. The quantitative estimate of drug-likeness (QED) is 0.331. The molecule has 2 aromatic rings. The maximum atomic E-state index is 13.5. The summed E-state index contributed by atoms with van der Waals surface area (Å²) in [5, 5.41) is 0. The number of benzene rings is 1. The molecule has 0 radical (unpaired) electrons. The number of thiophene rings is 1. The molecule has 0 unspecified atom stereocenters. The molecule has 1 amide bonds. The molecule has 1 aromatic carbocycles. The van der Waals surface area contributed by atoms with Crippen molar-refractivity contribution in [2.45, 2.75) is 33.1 Å². The van der Waals surface area contributed by atoms with Crippen molar-refractivity contribution in [1.29, 1.82) is 0 Å². The number of carbonyl (C=O) groups is 1. The number of amides is 1. The Bertz CT molecular complexity index is 777. The molecular weight excluding hydrogens is 363 g/mol. The van der Waals surface area contributed by atoms with Gasteiger partial charge in [-0.3, -0.25) is 15.6 Å². The van der Waals surface area contributed by atoms with E-state index in [1.807, 2.05) is 19.3 Å². The number of nitrogens with one attached hydrogen (secondary N) is 2. The van der Waals surface area contributed by atoms with Crippen LogP contribution >= 0.6 is 11.3 Å². The molecule has 0 saturated carbocycles. The Morgan fingerprint density at radius 1 is 1.00 bits per heavy atom. The SMILES string of the molecule is CCCc1sc(C(=O)NNc2c(F)c(F)c(F)c(F)c2F)cc1CC. The van der Waals surface area contributed by atoms with Crippen LogP contribution in [0.25, 0.3) is 0 Å². The van der Waals surface area contributed by atoms with E-state index in [2.05, 4.69) is 0 Å². The zero-order valence-electron chi connectivity index (χ0n) is 13.4. The molecule has 0 fully saturated rings. The third-order valence-electron chi connectivity index (χ3n) is 3.49. The first-order valence-electron chi connectivity index (χ1n) is 7.51. The van der Waals surface area contributed by atoms with Gasteiger partial charge in [0.2, 0.25) is 5.82 Å². The number of rotatable bonds is 6. The van der Waals surface area contributed by atoms with Crippen molar-refractivity contribution >= 4 is 22.9 Å². The van der Waals surface area contributed by atoms with E-state index >= 15 is 0 Å². The van der Waals surface area contributed by atoms with Gasteiger partial charge in [-0.15, -0.1) is 11.3 Å². The first kappa shape index (κ1) is 19.2. The van der Waals surface area contributed by atoms with E-state index in [4.69, 9.17) is 0 Å². The smallest absolute Gasteiger partial charge is 0.279 e. The second-order valence-corrected chi connectivity index (χ2v) is 6.32. The van der Waals surface area contributed by atoms with Gasteiger partial charge in [-0.25, -0.2) is 22.0 Å². The maximum absolute atomic E-state index is 13.5. The summed E-state index contributed by atoms with van der Waals surface area (Å²) in [6.45, 7) is 3.92. The van der Waals surface area contributed by atoms with Crippen LogP contribution in [-0.2, 0) is 12.8 Å². The van der Waals surface area contributed by atoms with Crippen LogP contribution in [0.5, 0.6) is 0 Å². The summed E-state index contributed by atoms with van der Waals surface area (Å²) in [4.78, 5) is 13.4. The van der Waals surface area contributed by atoms with Gasteiger partial charge < -0.3 is 0 Å². The van der Waals surface area contributed by atoms with Crippen LogP contribution in [0.3, 0.4) is 0 Å². The normalized spacial score (nSPS) is 10.8. The standard InChI is InChI=1S/C16H15F5N2OS/c1-3-5-8-7(4-2)6-9(25-8)16(24)23-22-15-13(20)11(18)10(17)12(19)14(15)21/h6,22H,3-5H2,1-2H3,(H,23,24). The molecule has 1 aromatic heterocycles. The predicted octanol–water partition coefficient (Wildman–Crippen LogP) is 4.72. The first-order chi connectivity index (χ1) is 11.8. The fraction of sp³-hybridized carbons (Fsp3) is 0.312. The van der Waals surface area contributed by atoms with E-state index < -0.39 is 40.7 Å². The molecule has 1 heterocycles. The third kappa shape index (κ3) is 3.76. The van der Waals surface area contributed by atoms with Gasteiger partial charge in [0.1, 0.15) is 5.69 Å². The molecule has 3 nitrogen and oxygen atoms in total. The third-order valence-corrected chi connectivity index (χ3v) is 4.73. The molecule has 0 saturated heterocycles. The summed E-state index contributed by atoms with van der Waals surface area (Å²) in [6, 6.07) is 1.64. The number of carbonyl (C=O) groups excluding carboxylic acids is 1. The summed E-state index contributed by atoms with van der Waals surface area (Å²) < 4.78 is 66.3. The molecular formula is C16H15F5N2OS. The minimum atomic E-state index is -2.26. The largest absolute Gasteiger partial charge is 0.293 e. The number of hydrogen-bond acceptors (Lipinski definition) is 3. The molecule has 0 aliphatic rings. The lowest BCUT2D eigenvalue weighted by molar-refractivity contribution is 0.0966. The van der Waals surface area contributed by atoms with Gasteiger partial charge in [0.25, 0.3) is 5.91 Å². The zero-order valence-corrected chi connectivity index (χ0v) is 14.2. The van der Waals surface area contributed by atoms with Crippen LogP contribution in [0.15, 0.2) is 6.07 Å². The van der Waals surface area contributed by atoms with Crippen molar-refractivity contribution in [3.63, 3.8) is 0 Å². The van der Waals surface area contributed by atoms with Gasteiger partial charge in [0.15, 0.2) is 23.3 Å². The average molecular weight is 378 g/mol. The molecule has 0 spiro atoms. The van der Waals surface area contributed by atoms with Crippen molar-refractivity contribution in [1.82, 2.24) is 5.43 Å². The second kappa shape index (κ2) is 7.81. The number of aryl methyl sites for hydroxylation is 2. The van der Waals surface area contributed by atoms with Crippen LogP contribution in [0.2, 0.25) is 0 Å². The number of hydrazine groups is 1. The van der Waals surface area contributed by atoms with Crippen molar-refractivity contribution in [3.8, 4) is 0 Å². The van der Waals surface area contributed by atoms with Crippen molar-refractivity contribution in [2.75, 3.05) is 5.43 Å². The molecule has 0 aliphatic carbocycles. The van der Waals surface area contributed by atoms with Crippen molar-refractivity contribution in [3.05, 3.63) is 50.5 Å². The van der Waals surface area contributed by atoms with Crippen LogP contribution in [0, 0.1) is 29.1 Å². The minimum absolute atomic E-state index is 0.275. The fourth-order valence-electron chi connectivity index (χ4n) is 2.21. The summed E-state index contributed by atoms with van der Waals surface area (Å²) in [7, 11) is 0. The van der Waals surface area contributed by atoms with Crippen LogP contribution in [0.4, 0.5) is 27.6 Å². The topological polar surface area (TPSA) is 41.1 Å². The van der Waals surface area contributed by atoms with E-state index in [0.717, 1.165) is 23.3 Å². The monoisotopic (exact) mass is 378 g/mol. The Kier molecular flexibility index (Phi) is 5.99. The van der Waals surface area contributed by atoms with Gasteiger partial charge in [-0.05, 0) is 24.5 Å². The average Bonchev–Trinajstić information content (AvgIpc) is 3.01. The molecule has 9 heteroatoms. The highest BCUT2D eigenvalue weighted by molar-refractivity contribution is 7.14. The van der Waals surface area contributed by atoms with Gasteiger partial charge in [-0.1, -0.05) is 20.3 Å². The summed E-state index contributed by atoms with van der Waals surface area (Å²) in [6.07, 6.45) is 2.38. The first-order valence-corrected chi connectivity index (χ1v) is 8.32. The van der Waals surface area contributed by atoms with Crippen LogP contribution < -0.4 is 10.9 Å². The van der Waals surface area contributed by atoms with E-state index in [1.165, 1.54) is 11.3 Å². The summed E-state index contributed by atoms with van der Waals surface area (Å²) >= 11 is 1.22. The fourth-order valence-corrected chi connectivity index (χ4v) is 3.46. The van der Waals surface area contributed by atoms with Crippen molar-refractivity contribution in [2.24, 2.45) is 0 Å². The highest BCUT2D eigenvalue weighted by Gasteiger charge is 2.26. The Balaban J connectivity index is 2.21. The van der Waals surface area contributed by atoms with Gasteiger partial charge in [0.05, 0.1) is 4.88 Å². The second-order valence-electron chi connectivity index (χ2n) is 5.19. The van der Waals surface area contributed by atoms with E-state index in [0.29, 0.717) is 6.42 Å². The van der Waals surface area contributed by atoms with Crippen LogP contribution in [0.1, 0.15) is 40.4 Å². The Morgan fingerprint density at radius 3 is 2.08 bits per heavy atom. The van der Waals surface area contributed by atoms with E-state index in [1.54, 1.807) is 11.5 Å². The Morgan fingerprint density at radius 2 is 1.56 bits per heavy atom. The summed E-state index contributed by atoms with van der Waals surface area (Å²) in [5.74, 6) is -11.3. The molecule has 0 atom stereocenters. The van der Waals surface area contributed by atoms with Crippen molar-refractivity contribution < 1.29 is 26.7 Å². The zero-order chi connectivity index (χ0) is 18.7. The Hall–Kier alpha value is -2.16. The molecule has 0 aliphatic heterocycles. The van der Waals surface area contributed by atoms with E-state index in [-0.39, 0.29) is 4.88 Å². The highest BCUT2D eigenvalue weighted by atomic mass is 32.1. The lowest BCUT2D eigenvalue weighted by Crippen LogP contribution is -2.30. The number of halogens is 5. The molecule has 2 rings (SSSR count). The van der Waals surface area contributed by atoms with E-state index in [9.17, 15) is 26.7 Å². The van der Waals surface area contributed by atoms with Gasteiger partial charge in [0, 0.05) is 4.88 Å². The van der Waals surface area contributed by atoms with Gasteiger partial charge in [-0.2, -0.15) is 0 Å². The molecule has 25 heavy (non-hydrogen) atoms. The number of anilines is 1. The predicted molar refractivity (Wildman–Crippen MR) is 85.0 cm³/mol. The molecule has 0 bridgehead atoms. The maximum Gasteiger partial charge on any atom is 0.279 e. The molecule has 136 valence electrons. The molecule has 2 N–H and O–H groups in total. The highest BCUT2D eigenvalue weighted by Crippen LogP contribution is 2.27.